The second-order valence-corrected chi connectivity index (χ2v) is 4.08. The van der Waals surface area contributed by atoms with Crippen molar-refractivity contribution < 1.29 is 0 Å². The van der Waals surface area contributed by atoms with E-state index in [-0.39, 0.29) is 0 Å². The lowest BCUT2D eigenvalue weighted by Crippen LogP contribution is -1.99. The molecule has 0 aliphatic carbocycles. The lowest BCUT2D eigenvalue weighted by molar-refractivity contribution is 0.683. The Bertz CT molecular complexity index is 668. The third-order valence-corrected chi connectivity index (χ3v) is 2.82. The van der Waals surface area contributed by atoms with Gasteiger partial charge in [-0.2, -0.15) is 0 Å². The lowest BCUT2D eigenvalue weighted by Gasteiger charge is -2.06. The van der Waals surface area contributed by atoms with Gasteiger partial charge in [-0.3, -0.25) is 9.97 Å². The maximum absolute atomic E-state index is 4.39. The van der Waals surface area contributed by atoms with Crippen molar-refractivity contribution in [2.24, 2.45) is 0 Å². The number of fused-ring (bicyclic) bond motifs is 1. The molecule has 90 valence electrons. The first kappa shape index (κ1) is 10.8. The lowest BCUT2D eigenvalue weighted by atomic mass is 10.1. The van der Waals surface area contributed by atoms with Gasteiger partial charge in [0.15, 0.2) is 5.82 Å². The quantitative estimate of drug-likeness (QED) is 0.703. The Morgan fingerprint density at radius 1 is 1.17 bits per heavy atom. The summed E-state index contributed by atoms with van der Waals surface area (Å²) in [5.74, 6) is 0.850. The van der Waals surface area contributed by atoms with Gasteiger partial charge in [0.25, 0.3) is 0 Å². The van der Waals surface area contributed by atoms with Crippen molar-refractivity contribution in [3.63, 3.8) is 0 Å². The van der Waals surface area contributed by atoms with Gasteiger partial charge in [-0.15, -0.1) is 10.2 Å². The van der Waals surface area contributed by atoms with E-state index in [1.807, 2.05) is 22.8 Å². The Kier molecular flexibility index (Phi) is 2.72. The van der Waals surface area contributed by atoms with E-state index in [1.165, 1.54) is 0 Å². The SMILES string of the molecule is CCCn1cnnc1-c1cccc2nccnc12. The minimum Gasteiger partial charge on any atom is -0.314 e. The number of para-hydroxylation sites is 1. The molecule has 1 aromatic carbocycles. The maximum atomic E-state index is 4.39. The van der Waals surface area contributed by atoms with Gasteiger partial charge in [0.2, 0.25) is 0 Å². The highest BCUT2D eigenvalue weighted by atomic mass is 15.3. The van der Waals surface area contributed by atoms with Crippen molar-refractivity contribution in [1.29, 1.82) is 0 Å². The van der Waals surface area contributed by atoms with E-state index >= 15 is 0 Å². The summed E-state index contributed by atoms with van der Waals surface area (Å²) < 4.78 is 2.05. The molecule has 5 heteroatoms. The fraction of sp³-hybridized carbons (Fsp3) is 0.231. The average Bonchev–Trinajstić information content (AvgIpc) is 2.87. The molecule has 0 aliphatic rings. The molecule has 0 spiro atoms. The monoisotopic (exact) mass is 239 g/mol. The Hall–Kier alpha value is -2.30. The minimum atomic E-state index is 0.850. The van der Waals surface area contributed by atoms with Crippen LogP contribution in [0.25, 0.3) is 22.4 Å². The number of rotatable bonds is 3. The highest BCUT2D eigenvalue weighted by molar-refractivity contribution is 5.89. The van der Waals surface area contributed by atoms with Crippen molar-refractivity contribution >= 4 is 11.0 Å². The summed E-state index contributed by atoms with van der Waals surface area (Å²) in [6.07, 6.45) is 6.20. The fourth-order valence-corrected chi connectivity index (χ4v) is 2.04. The smallest absolute Gasteiger partial charge is 0.166 e. The van der Waals surface area contributed by atoms with Gasteiger partial charge in [0, 0.05) is 24.5 Å². The molecule has 0 saturated heterocycles. The van der Waals surface area contributed by atoms with E-state index in [1.54, 1.807) is 18.7 Å². The zero-order valence-electron chi connectivity index (χ0n) is 10.1. The van der Waals surface area contributed by atoms with Gasteiger partial charge in [-0.25, -0.2) is 0 Å². The van der Waals surface area contributed by atoms with Crippen LogP contribution < -0.4 is 0 Å². The Balaban J connectivity index is 2.22. The van der Waals surface area contributed by atoms with Crippen LogP contribution in [-0.4, -0.2) is 24.7 Å². The van der Waals surface area contributed by atoms with Crippen LogP contribution in [0.15, 0.2) is 36.9 Å². The first-order valence-electron chi connectivity index (χ1n) is 5.98. The van der Waals surface area contributed by atoms with E-state index in [2.05, 4.69) is 27.1 Å². The normalized spacial score (nSPS) is 10.9. The van der Waals surface area contributed by atoms with Crippen molar-refractivity contribution in [2.75, 3.05) is 0 Å². The van der Waals surface area contributed by atoms with Gasteiger partial charge < -0.3 is 4.57 Å². The highest BCUT2D eigenvalue weighted by Crippen LogP contribution is 2.24. The molecule has 0 radical (unpaired) electrons. The van der Waals surface area contributed by atoms with Gasteiger partial charge in [-0.1, -0.05) is 13.0 Å². The van der Waals surface area contributed by atoms with E-state index in [9.17, 15) is 0 Å². The number of benzene rings is 1. The summed E-state index contributed by atoms with van der Waals surface area (Å²) in [5, 5.41) is 8.19. The van der Waals surface area contributed by atoms with E-state index < -0.39 is 0 Å². The first-order valence-corrected chi connectivity index (χ1v) is 5.98. The first-order chi connectivity index (χ1) is 8.90. The zero-order valence-corrected chi connectivity index (χ0v) is 10.1. The minimum absolute atomic E-state index is 0.850. The second kappa shape index (κ2) is 4.52. The molecule has 2 aromatic heterocycles. The molecule has 0 bridgehead atoms. The summed E-state index contributed by atoms with van der Waals surface area (Å²) in [4.78, 5) is 8.70. The van der Waals surface area contributed by atoms with Crippen LogP contribution in [0.3, 0.4) is 0 Å². The molecule has 0 saturated carbocycles. The topological polar surface area (TPSA) is 56.5 Å². The highest BCUT2D eigenvalue weighted by Gasteiger charge is 2.11. The second-order valence-electron chi connectivity index (χ2n) is 4.08. The molecular formula is C13H13N5. The van der Waals surface area contributed by atoms with Gasteiger partial charge in [0.1, 0.15) is 6.33 Å². The molecule has 0 unspecified atom stereocenters. The molecule has 0 N–H and O–H groups in total. The van der Waals surface area contributed by atoms with E-state index in [0.29, 0.717) is 0 Å². The van der Waals surface area contributed by atoms with Crippen LogP contribution >= 0.6 is 0 Å². The van der Waals surface area contributed by atoms with Crippen LogP contribution in [0.2, 0.25) is 0 Å². The van der Waals surface area contributed by atoms with Crippen LogP contribution in [0.1, 0.15) is 13.3 Å². The van der Waals surface area contributed by atoms with E-state index in [0.717, 1.165) is 35.4 Å². The van der Waals surface area contributed by atoms with Crippen LogP contribution in [0.4, 0.5) is 0 Å². The van der Waals surface area contributed by atoms with Gasteiger partial charge in [0.05, 0.1) is 11.0 Å². The summed E-state index contributed by atoms with van der Waals surface area (Å²) in [6.45, 7) is 3.03. The fourth-order valence-electron chi connectivity index (χ4n) is 2.04. The van der Waals surface area contributed by atoms with Crippen LogP contribution in [-0.2, 0) is 6.54 Å². The molecule has 2 heterocycles. The summed E-state index contributed by atoms with van der Waals surface area (Å²) >= 11 is 0. The Morgan fingerprint density at radius 3 is 2.94 bits per heavy atom. The number of aromatic nitrogens is 5. The number of aryl methyl sites for hydroxylation is 1. The number of nitrogens with zero attached hydrogens (tertiary/aromatic N) is 5. The standard InChI is InChI=1S/C13H13N5/c1-2-8-18-9-16-17-13(18)10-4-3-5-11-12(10)15-7-6-14-11/h3-7,9H,2,8H2,1H3. The summed E-state index contributed by atoms with van der Waals surface area (Å²) in [5.41, 5.74) is 2.72. The molecular weight excluding hydrogens is 226 g/mol. The number of hydrogen-bond acceptors (Lipinski definition) is 4. The molecule has 0 aliphatic heterocycles. The Labute approximate surface area is 105 Å². The Morgan fingerprint density at radius 2 is 2.06 bits per heavy atom. The molecule has 18 heavy (non-hydrogen) atoms. The third kappa shape index (κ3) is 1.73. The molecule has 0 fully saturated rings. The summed E-state index contributed by atoms with van der Waals surface area (Å²) in [7, 11) is 0. The van der Waals surface area contributed by atoms with Crippen molar-refractivity contribution in [2.45, 2.75) is 19.9 Å². The van der Waals surface area contributed by atoms with Crippen molar-refractivity contribution in [3.8, 4) is 11.4 Å². The maximum Gasteiger partial charge on any atom is 0.166 e. The third-order valence-electron chi connectivity index (χ3n) is 2.82. The predicted molar refractivity (Wildman–Crippen MR) is 68.8 cm³/mol. The van der Waals surface area contributed by atoms with Gasteiger partial charge >= 0.3 is 0 Å². The van der Waals surface area contributed by atoms with E-state index in [4.69, 9.17) is 0 Å². The molecule has 3 rings (SSSR count). The molecule has 0 amide bonds. The average molecular weight is 239 g/mol. The summed E-state index contributed by atoms with van der Waals surface area (Å²) in [6, 6.07) is 5.93. The van der Waals surface area contributed by atoms with Gasteiger partial charge in [-0.05, 0) is 18.6 Å². The largest absolute Gasteiger partial charge is 0.314 e. The van der Waals surface area contributed by atoms with Crippen LogP contribution in [0.5, 0.6) is 0 Å². The van der Waals surface area contributed by atoms with Crippen LogP contribution in [0, 0.1) is 0 Å². The zero-order chi connectivity index (χ0) is 12.4. The molecule has 0 atom stereocenters. The van der Waals surface area contributed by atoms with Crippen molar-refractivity contribution in [1.82, 2.24) is 24.7 Å². The number of hydrogen-bond donors (Lipinski definition) is 0. The predicted octanol–water partition coefficient (Wildman–Crippen LogP) is 2.30. The van der Waals surface area contributed by atoms with Crippen molar-refractivity contribution in [3.05, 3.63) is 36.9 Å². The molecule has 3 aromatic rings. The molecule has 5 nitrogen and oxygen atoms in total.